The number of benzene rings is 3. The van der Waals surface area contributed by atoms with Crippen LogP contribution < -0.4 is 9.47 Å². The number of carboxylic acids is 1. The molecule has 0 bridgehead atoms. The first-order chi connectivity index (χ1) is 18.5. The summed E-state index contributed by atoms with van der Waals surface area (Å²) in [6, 6.07) is 19.0. The standard InChI is InChI=1S/C33H39FO4/c1-3-9-25(20-33(35)36)26-12-8-13-28(19-26)38-22-23-14-16-29(31-21-27(37-2)15-17-32(31)34)30(18-23)24-10-6-4-5-7-11-24/h8,12-19,21,24-25H,3-7,9-11,20,22H2,1-2H3,(H,35,36)/t25-/m0/s1. The molecule has 3 aromatic rings. The summed E-state index contributed by atoms with van der Waals surface area (Å²) in [5.74, 6) is 0.697. The van der Waals surface area contributed by atoms with E-state index in [0.29, 0.717) is 23.8 Å². The van der Waals surface area contributed by atoms with Gasteiger partial charge < -0.3 is 14.6 Å². The highest BCUT2D eigenvalue weighted by Crippen LogP contribution is 2.40. The second kappa shape index (κ2) is 13.5. The zero-order valence-electron chi connectivity index (χ0n) is 22.5. The highest BCUT2D eigenvalue weighted by Gasteiger charge is 2.21. The van der Waals surface area contributed by atoms with Crippen LogP contribution in [0.3, 0.4) is 0 Å². The predicted octanol–water partition coefficient (Wildman–Crippen LogP) is 8.88. The average molecular weight is 519 g/mol. The molecule has 1 N–H and O–H groups in total. The molecular formula is C33H39FO4. The van der Waals surface area contributed by atoms with Gasteiger partial charge in [-0.25, -0.2) is 4.39 Å². The lowest BCUT2D eigenvalue weighted by atomic mass is 9.85. The summed E-state index contributed by atoms with van der Waals surface area (Å²) in [7, 11) is 1.60. The topological polar surface area (TPSA) is 55.8 Å². The van der Waals surface area contributed by atoms with Crippen molar-refractivity contribution in [2.24, 2.45) is 0 Å². The minimum Gasteiger partial charge on any atom is -0.497 e. The van der Waals surface area contributed by atoms with Gasteiger partial charge in [0.2, 0.25) is 0 Å². The fraction of sp³-hybridized carbons (Fsp3) is 0.424. The zero-order valence-corrected chi connectivity index (χ0v) is 22.5. The van der Waals surface area contributed by atoms with Crippen molar-refractivity contribution < 1.29 is 23.8 Å². The summed E-state index contributed by atoms with van der Waals surface area (Å²) < 4.78 is 26.6. The van der Waals surface area contributed by atoms with E-state index in [0.717, 1.165) is 48.1 Å². The van der Waals surface area contributed by atoms with Gasteiger partial charge in [-0.15, -0.1) is 0 Å². The molecule has 0 saturated heterocycles. The Balaban J connectivity index is 1.61. The molecule has 0 aliphatic heterocycles. The molecule has 1 saturated carbocycles. The number of methoxy groups -OCH3 is 1. The first-order valence-electron chi connectivity index (χ1n) is 13.9. The van der Waals surface area contributed by atoms with Crippen LogP contribution in [0.1, 0.15) is 93.2 Å². The van der Waals surface area contributed by atoms with Crippen molar-refractivity contribution >= 4 is 5.97 Å². The number of aliphatic carboxylic acids is 1. The maximum atomic E-state index is 15.0. The molecule has 0 spiro atoms. The molecule has 5 heteroatoms. The van der Waals surface area contributed by atoms with Gasteiger partial charge in [0.05, 0.1) is 13.5 Å². The van der Waals surface area contributed by atoms with E-state index in [1.54, 1.807) is 19.2 Å². The normalized spacial score (nSPS) is 15.0. The minimum absolute atomic E-state index is 0.0278. The third kappa shape index (κ3) is 7.15. The average Bonchev–Trinajstić information content (AvgIpc) is 3.22. The monoisotopic (exact) mass is 518 g/mol. The number of hydrogen-bond acceptors (Lipinski definition) is 3. The Morgan fingerprint density at radius 2 is 1.76 bits per heavy atom. The van der Waals surface area contributed by atoms with E-state index < -0.39 is 5.97 Å². The van der Waals surface area contributed by atoms with E-state index in [1.807, 2.05) is 36.4 Å². The number of rotatable bonds is 11. The molecule has 1 atom stereocenters. The fourth-order valence-electron chi connectivity index (χ4n) is 5.68. The Labute approximate surface area is 225 Å². The molecule has 0 aromatic heterocycles. The molecular weight excluding hydrogens is 479 g/mol. The molecule has 4 rings (SSSR count). The van der Waals surface area contributed by atoms with Gasteiger partial charge in [0.25, 0.3) is 0 Å². The summed E-state index contributed by atoms with van der Waals surface area (Å²) in [6.07, 6.45) is 8.95. The molecule has 3 aromatic carbocycles. The van der Waals surface area contributed by atoms with Crippen LogP contribution in [-0.4, -0.2) is 18.2 Å². The van der Waals surface area contributed by atoms with Gasteiger partial charge in [-0.1, -0.05) is 69.4 Å². The number of carbonyl (C=O) groups is 1. The second-order valence-corrected chi connectivity index (χ2v) is 10.4. The Kier molecular flexibility index (Phi) is 9.80. The van der Waals surface area contributed by atoms with Crippen molar-refractivity contribution in [2.75, 3.05) is 7.11 Å². The largest absolute Gasteiger partial charge is 0.497 e. The van der Waals surface area contributed by atoms with Gasteiger partial charge in [0.1, 0.15) is 23.9 Å². The molecule has 0 heterocycles. The second-order valence-electron chi connectivity index (χ2n) is 10.4. The van der Waals surface area contributed by atoms with Crippen LogP contribution >= 0.6 is 0 Å². The Bertz CT molecular complexity index is 1210. The minimum atomic E-state index is -0.784. The zero-order chi connectivity index (χ0) is 26.9. The van der Waals surface area contributed by atoms with Gasteiger partial charge in [-0.2, -0.15) is 0 Å². The van der Waals surface area contributed by atoms with Crippen LogP contribution in [0.4, 0.5) is 4.39 Å². The van der Waals surface area contributed by atoms with Gasteiger partial charge in [-0.3, -0.25) is 4.79 Å². The van der Waals surface area contributed by atoms with Crippen molar-refractivity contribution in [1.82, 2.24) is 0 Å². The number of halogens is 1. The van der Waals surface area contributed by atoms with Crippen LogP contribution in [0.15, 0.2) is 60.7 Å². The van der Waals surface area contributed by atoms with E-state index in [1.165, 1.54) is 37.3 Å². The maximum Gasteiger partial charge on any atom is 0.303 e. The van der Waals surface area contributed by atoms with Crippen LogP contribution in [0.5, 0.6) is 11.5 Å². The molecule has 0 amide bonds. The Morgan fingerprint density at radius 1 is 0.974 bits per heavy atom. The number of hydrogen-bond donors (Lipinski definition) is 1. The molecule has 1 aliphatic rings. The molecule has 202 valence electrons. The fourth-order valence-corrected chi connectivity index (χ4v) is 5.68. The first kappa shape index (κ1) is 27.7. The lowest BCUT2D eigenvalue weighted by molar-refractivity contribution is -0.137. The SMILES string of the molecule is CCC[C@@H](CC(=O)O)c1cccc(OCc2ccc(-c3cc(OC)ccc3F)c(C3CCCCCC3)c2)c1. The lowest BCUT2D eigenvalue weighted by Crippen LogP contribution is -2.07. The van der Waals surface area contributed by atoms with Gasteiger partial charge in [-0.05, 0) is 83.7 Å². The molecule has 1 aliphatic carbocycles. The van der Waals surface area contributed by atoms with Crippen molar-refractivity contribution in [2.45, 2.75) is 83.2 Å². The van der Waals surface area contributed by atoms with Crippen molar-refractivity contribution in [3.8, 4) is 22.6 Å². The number of ether oxygens (including phenoxy) is 2. The summed E-state index contributed by atoms with van der Waals surface area (Å²) in [5.41, 5.74) is 4.71. The van der Waals surface area contributed by atoms with Gasteiger partial charge >= 0.3 is 5.97 Å². The Hall–Kier alpha value is -3.34. The van der Waals surface area contributed by atoms with Crippen LogP contribution in [0.2, 0.25) is 0 Å². The molecule has 1 fully saturated rings. The van der Waals surface area contributed by atoms with Gasteiger partial charge in [0, 0.05) is 5.56 Å². The molecule has 0 unspecified atom stereocenters. The highest BCUT2D eigenvalue weighted by atomic mass is 19.1. The van der Waals surface area contributed by atoms with Crippen molar-refractivity contribution in [1.29, 1.82) is 0 Å². The third-order valence-corrected chi connectivity index (χ3v) is 7.67. The van der Waals surface area contributed by atoms with E-state index in [9.17, 15) is 9.90 Å². The third-order valence-electron chi connectivity index (χ3n) is 7.67. The van der Waals surface area contributed by atoms with Crippen molar-refractivity contribution in [3.63, 3.8) is 0 Å². The summed E-state index contributed by atoms with van der Waals surface area (Å²) in [4.78, 5) is 11.4. The van der Waals surface area contributed by atoms with E-state index in [2.05, 4.69) is 13.0 Å². The number of carboxylic acid groups (broad SMARTS) is 1. The predicted molar refractivity (Wildman–Crippen MR) is 150 cm³/mol. The highest BCUT2D eigenvalue weighted by molar-refractivity contribution is 5.71. The molecule has 0 radical (unpaired) electrons. The summed E-state index contributed by atoms with van der Waals surface area (Å²) in [6.45, 7) is 2.46. The summed E-state index contributed by atoms with van der Waals surface area (Å²) in [5, 5.41) is 9.33. The smallest absolute Gasteiger partial charge is 0.303 e. The summed E-state index contributed by atoms with van der Waals surface area (Å²) >= 11 is 0. The molecule has 38 heavy (non-hydrogen) atoms. The van der Waals surface area contributed by atoms with Gasteiger partial charge in [0.15, 0.2) is 0 Å². The van der Waals surface area contributed by atoms with Crippen molar-refractivity contribution in [3.05, 3.63) is 83.2 Å². The first-order valence-corrected chi connectivity index (χ1v) is 13.9. The maximum absolute atomic E-state index is 15.0. The van der Waals surface area contributed by atoms with E-state index in [-0.39, 0.29) is 18.2 Å². The Morgan fingerprint density at radius 3 is 2.47 bits per heavy atom. The van der Waals surface area contributed by atoms with E-state index >= 15 is 4.39 Å². The molecule has 4 nitrogen and oxygen atoms in total. The lowest BCUT2D eigenvalue weighted by Gasteiger charge is -2.21. The quantitative estimate of drug-likeness (QED) is 0.258. The van der Waals surface area contributed by atoms with Crippen LogP contribution in [-0.2, 0) is 11.4 Å². The van der Waals surface area contributed by atoms with E-state index in [4.69, 9.17) is 9.47 Å². The van der Waals surface area contributed by atoms with Crippen LogP contribution in [0.25, 0.3) is 11.1 Å². The van der Waals surface area contributed by atoms with Crippen LogP contribution in [0, 0.1) is 5.82 Å².